The summed E-state index contributed by atoms with van der Waals surface area (Å²) in [4.78, 5) is 7.01. The van der Waals surface area contributed by atoms with E-state index in [0.29, 0.717) is 39.7 Å². The Kier molecular flexibility index (Phi) is 9.22. The SMILES string of the molecule is CC(C)(C)N1CCC(n2cc([C@@H](Nc3cc(Cl)c4ncc(C#N)c(NCC5CCCCO5)c4c3)c3ccc(F)cc3)nn2)CC1. The Hall–Kier alpha value is -3.78. The van der Waals surface area contributed by atoms with Crippen LogP contribution in [0.5, 0.6) is 0 Å². The topological polar surface area (TPSA) is 104 Å². The number of fused-ring (bicyclic) bond motifs is 1. The minimum Gasteiger partial charge on any atom is -0.381 e. The molecular formula is C34H40ClFN8O. The van der Waals surface area contributed by atoms with Gasteiger partial charge in [0.2, 0.25) is 0 Å². The Morgan fingerprint density at radius 3 is 2.60 bits per heavy atom. The molecule has 0 radical (unpaired) electrons. The second-order valence-corrected chi connectivity index (χ2v) is 13.4. The van der Waals surface area contributed by atoms with Gasteiger partial charge in [0.1, 0.15) is 17.6 Å². The maximum absolute atomic E-state index is 14.0. The van der Waals surface area contributed by atoms with Gasteiger partial charge < -0.3 is 15.4 Å². The second kappa shape index (κ2) is 13.3. The van der Waals surface area contributed by atoms with Crippen LogP contribution in [0.3, 0.4) is 0 Å². The Morgan fingerprint density at radius 2 is 1.91 bits per heavy atom. The summed E-state index contributed by atoms with van der Waals surface area (Å²) in [5, 5.41) is 27.3. The van der Waals surface area contributed by atoms with Crippen LogP contribution in [0.25, 0.3) is 10.9 Å². The number of rotatable bonds is 8. The summed E-state index contributed by atoms with van der Waals surface area (Å²) in [7, 11) is 0. The Bertz CT molecular complexity index is 1660. The highest BCUT2D eigenvalue weighted by Crippen LogP contribution is 2.36. The molecule has 2 atom stereocenters. The number of ether oxygens (including phenoxy) is 1. The van der Waals surface area contributed by atoms with Crippen LogP contribution in [0.4, 0.5) is 15.8 Å². The number of hydrogen-bond donors (Lipinski definition) is 2. The van der Waals surface area contributed by atoms with E-state index in [2.05, 4.69) is 57.7 Å². The zero-order valence-electron chi connectivity index (χ0n) is 26.1. The molecule has 236 valence electrons. The molecule has 0 amide bonds. The van der Waals surface area contributed by atoms with Gasteiger partial charge in [-0.1, -0.05) is 28.9 Å². The smallest absolute Gasteiger partial charge is 0.123 e. The van der Waals surface area contributed by atoms with Crippen molar-refractivity contribution < 1.29 is 9.13 Å². The van der Waals surface area contributed by atoms with Gasteiger partial charge in [0.15, 0.2) is 0 Å². The largest absolute Gasteiger partial charge is 0.381 e. The first kappa shape index (κ1) is 31.2. The first-order valence-corrected chi connectivity index (χ1v) is 16.1. The molecule has 1 unspecified atom stereocenters. The summed E-state index contributed by atoms with van der Waals surface area (Å²) >= 11 is 6.80. The maximum atomic E-state index is 14.0. The first-order valence-electron chi connectivity index (χ1n) is 15.8. The normalized spacial score (nSPS) is 18.9. The molecule has 4 heterocycles. The molecule has 2 aromatic carbocycles. The van der Waals surface area contributed by atoms with Crippen molar-refractivity contribution in [2.75, 3.05) is 36.9 Å². The molecule has 0 bridgehead atoms. The number of pyridine rings is 1. The number of hydrogen-bond acceptors (Lipinski definition) is 8. The van der Waals surface area contributed by atoms with Crippen LogP contribution < -0.4 is 10.6 Å². The summed E-state index contributed by atoms with van der Waals surface area (Å²) in [5.41, 5.74) is 4.10. The molecule has 6 rings (SSSR count). The Morgan fingerprint density at radius 1 is 1.13 bits per heavy atom. The molecule has 0 saturated carbocycles. The molecule has 2 fully saturated rings. The molecule has 2 aliphatic rings. The fourth-order valence-corrected chi connectivity index (χ4v) is 6.62. The molecular weight excluding hydrogens is 591 g/mol. The van der Waals surface area contributed by atoms with Crippen molar-refractivity contribution in [2.45, 2.75) is 76.6 Å². The third-order valence-electron chi connectivity index (χ3n) is 8.95. The fourth-order valence-electron chi connectivity index (χ4n) is 6.35. The van der Waals surface area contributed by atoms with E-state index in [4.69, 9.17) is 16.3 Å². The lowest BCUT2D eigenvalue weighted by Crippen LogP contribution is -2.46. The molecule has 0 aliphatic carbocycles. The molecule has 2 aliphatic heterocycles. The summed E-state index contributed by atoms with van der Waals surface area (Å²) in [6, 6.07) is 12.3. The quantitative estimate of drug-likeness (QED) is 0.212. The first-order chi connectivity index (χ1) is 21.7. The van der Waals surface area contributed by atoms with E-state index >= 15 is 0 Å². The number of nitrogens with one attached hydrogen (secondary N) is 2. The van der Waals surface area contributed by atoms with E-state index in [1.807, 2.05) is 23.0 Å². The van der Waals surface area contributed by atoms with E-state index < -0.39 is 6.04 Å². The molecule has 2 saturated heterocycles. The highest BCUT2D eigenvalue weighted by atomic mass is 35.5. The fraction of sp³-hybridized carbons (Fsp3) is 0.471. The van der Waals surface area contributed by atoms with Crippen LogP contribution in [0.15, 0.2) is 48.8 Å². The van der Waals surface area contributed by atoms with E-state index in [9.17, 15) is 9.65 Å². The highest BCUT2D eigenvalue weighted by Gasteiger charge is 2.29. The summed E-state index contributed by atoms with van der Waals surface area (Å²) in [6.45, 7) is 10.1. The average molecular weight is 631 g/mol. The number of anilines is 2. The monoisotopic (exact) mass is 630 g/mol. The lowest BCUT2D eigenvalue weighted by molar-refractivity contribution is 0.0248. The highest BCUT2D eigenvalue weighted by molar-refractivity contribution is 6.35. The van der Waals surface area contributed by atoms with Gasteiger partial charge in [-0.05, 0) is 82.7 Å². The van der Waals surface area contributed by atoms with Crippen molar-refractivity contribution in [3.63, 3.8) is 0 Å². The molecule has 9 nitrogen and oxygen atoms in total. The third kappa shape index (κ3) is 7.06. The van der Waals surface area contributed by atoms with Crippen LogP contribution in [-0.2, 0) is 4.74 Å². The van der Waals surface area contributed by atoms with E-state index in [0.717, 1.165) is 62.8 Å². The van der Waals surface area contributed by atoms with Gasteiger partial charge in [-0.15, -0.1) is 5.10 Å². The third-order valence-corrected chi connectivity index (χ3v) is 9.24. The van der Waals surface area contributed by atoms with Crippen molar-refractivity contribution in [1.82, 2.24) is 24.9 Å². The van der Waals surface area contributed by atoms with E-state index in [1.165, 1.54) is 12.1 Å². The van der Waals surface area contributed by atoms with E-state index in [1.54, 1.807) is 18.3 Å². The zero-order valence-corrected chi connectivity index (χ0v) is 26.8. The van der Waals surface area contributed by atoms with Crippen LogP contribution in [0, 0.1) is 17.1 Å². The number of benzene rings is 2. The lowest BCUT2D eigenvalue weighted by atomic mass is 9.98. The molecule has 2 aromatic heterocycles. The standard InChI is InChI=1S/C34H40ClFN8O/c1-34(2,3)43-13-11-26(12-14-43)44-21-30(41-42-44)32(22-7-9-24(36)10-8-22)40-25-16-28-31(39-20-27-6-4-5-15-45-27)23(18-37)19-38-33(28)29(35)17-25/h7-10,16-17,19,21,26-27,32,40H,4-6,11-15,20H2,1-3H3,(H,38,39)/t27?,32-/m0/s1. The van der Waals surface area contributed by atoms with Gasteiger partial charge in [-0.2, -0.15) is 5.26 Å². The molecule has 45 heavy (non-hydrogen) atoms. The second-order valence-electron chi connectivity index (χ2n) is 13.0. The van der Waals surface area contributed by atoms with Gasteiger partial charge in [-0.25, -0.2) is 9.07 Å². The van der Waals surface area contributed by atoms with Crippen molar-refractivity contribution in [3.8, 4) is 6.07 Å². The Labute approximate surface area is 268 Å². The van der Waals surface area contributed by atoms with Crippen LogP contribution in [0.1, 0.15) is 81.8 Å². The van der Waals surface area contributed by atoms with Gasteiger partial charge >= 0.3 is 0 Å². The number of aromatic nitrogens is 4. The number of nitrogens with zero attached hydrogens (tertiary/aromatic N) is 6. The zero-order chi connectivity index (χ0) is 31.6. The average Bonchev–Trinajstić information content (AvgIpc) is 3.53. The predicted molar refractivity (Wildman–Crippen MR) is 175 cm³/mol. The summed E-state index contributed by atoms with van der Waals surface area (Å²) in [5.74, 6) is -0.312. The van der Waals surface area contributed by atoms with Crippen molar-refractivity contribution in [2.24, 2.45) is 0 Å². The van der Waals surface area contributed by atoms with Crippen molar-refractivity contribution in [1.29, 1.82) is 5.26 Å². The maximum Gasteiger partial charge on any atom is 0.123 e. The molecule has 0 spiro atoms. The molecule has 4 aromatic rings. The Balaban J connectivity index is 1.31. The van der Waals surface area contributed by atoms with Gasteiger partial charge in [0, 0.05) is 49.1 Å². The van der Waals surface area contributed by atoms with E-state index in [-0.39, 0.29) is 23.5 Å². The van der Waals surface area contributed by atoms with Crippen molar-refractivity contribution >= 4 is 33.9 Å². The number of likely N-dealkylation sites (tertiary alicyclic amines) is 1. The molecule has 11 heteroatoms. The summed E-state index contributed by atoms with van der Waals surface area (Å²) < 4.78 is 21.9. The lowest BCUT2D eigenvalue weighted by Gasteiger charge is -2.40. The minimum atomic E-state index is -0.429. The van der Waals surface area contributed by atoms with Crippen LogP contribution in [0.2, 0.25) is 5.02 Å². The van der Waals surface area contributed by atoms with Crippen LogP contribution >= 0.6 is 11.6 Å². The summed E-state index contributed by atoms with van der Waals surface area (Å²) in [6.07, 6.45) is 8.78. The van der Waals surface area contributed by atoms with Gasteiger partial charge in [0.25, 0.3) is 0 Å². The predicted octanol–water partition coefficient (Wildman–Crippen LogP) is 7.11. The van der Waals surface area contributed by atoms with Gasteiger partial charge in [-0.3, -0.25) is 9.88 Å². The molecule has 2 N–H and O–H groups in total. The minimum absolute atomic E-state index is 0.0801. The van der Waals surface area contributed by atoms with Gasteiger partial charge in [0.05, 0.1) is 46.2 Å². The number of halogens is 2. The van der Waals surface area contributed by atoms with Crippen molar-refractivity contribution in [3.05, 3.63) is 76.5 Å². The van der Waals surface area contributed by atoms with Crippen LogP contribution in [-0.4, -0.2) is 62.8 Å². The number of nitriles is 1. The number of piperidine rings is 1.